The van der Waals surface area contributed by atoms with Gasteiger partial charge in [-0.15, -0.1) is 0 Å². The van der Waals surface area contributed by atoms with Crippen molar-refractivity contribution >= 4 is 11.6 Å². The molecular weight excluding hydrogens is 294 g/mol. The molecule has 0 bridgehead atoms. The fraction of sp³-hybridized carbons (Fsp3) is 0.600. The van der Waals surface area contributed by atoms with Crippen molar-refractivity contribution in [3.05, 3.63) is 29.4 Å². The number of halogens is 1. The van der Waals surface area contributed by atoms with Crippen molar-refractivity contribution in [2.24, 2.45) is 0 Å². The molecule has 0 saturated carbocycles. The topological polar surface area (TPSA) is 60.8 Å². The van der Waals surface area contributed by atoms with Crippen LogP contribution in [-0.2, 0) is 21.5 Å². The minimum Gasteiger partial charge on any atom is -0.493 e. The molecule has 0 aromatic carbocycles. The van der Waals surface area contributed by atoms with Crippen LogP contribution in [0.1, 0.15) is 24.1 Å². The third-order valence-electron chi connectivity index (χ3n) is 3.91. The maximum absolute atomic E-state index is 9.22. The first-order chi connectivity index (χ1) is 10.1. The Morgan fingerprint density at radius 2 is 2.38 bits per heavy atom. The molecule has 1 aromatic rings. The van der Waals surface area contributed by atoms with Gasteiger partial charge in [0.1, 0.15) is 16.5 Å². The van der Waals surface area contributed by atoms with E-state index in [1.165, 1.54) is 0 Å². The average Bonchev–Trinajstić information content (AvgIpc) is 2.89. The van der Waals surface area contributed by atoms with E-state index in [-0.39, 0.29) is 0 Å². The fourth-order valence-electron chi connectivity index (χ4n) is 2.83. The van der Waals surface area contributed by atoms with Crippen LogP contribution in [0, 0.1) is 6.92 Å². The van der Waals surface area contributed by atoms with Crippen LogP contribution in [0.15, 0.2) is 6.07 Å². The second-order valence-corrected chi connectivity index (χ2v) is 5.84. The number of fused-ring (bicyclic) bond motifs is 2. The van der Waals surface area contributed by atoms with Crippen LogP contribution in [-0.4, -0.2) is 42.6 Å². The Kier molecular flexibility index (Phi) is 4.36. The molecule has 1 saturated heterocycles. The lowest BCUT2D eigenvalue weighted by Gasteiger charge is -2.34. The summed E-state index contributed by atoms with van der Waals surface area (Å²) >= 11 is 6.14. The molecule has 0 aliphatic carbocycles. The summed E-state index contributed by atoms with van der Waals surface area (Å²) in [6.07, 6.45) is 1.36. The molecule has 1 unspecified atom stereocenters. The fourth-order valence-corrected chi connectivity index (χ4v) is 3.02. The summed E-state index contributed by atoms with van der Waals surface area (Å²) in [5, 5.41) is 9.61. The quantitative estimate of drug-likeness (QED) is 0.860. The Bertz CT molecular complexity index is 515. The molecule has 21 heavy (non-hydrogen) atoms. The third kappa shape index (κ3) is 3.01. The van der Waals surface area contributed by atoms with Crippen molar-refractivity contribution in [3.63, 3.8) is 0 Å². The van der Waals surface area contributed by atoms with E-state index in [1.54, 1.807) is 6.07 Å². The van der Waals surface area contributed by atoms with Gasteiger partial charge in [-0.3, -0.25) is 0 Å². The van der Waals surface area contributed by atoms with Gasteiger partial charge in [-0.25, -0.2) is 4.98 Å². The second kappa shape index (κ2) is 6.08. The first-order valence-corrected chi connectivity index (χ1v) is 7.54. The molecule has 1 N–H and O–H groups in total. The van der Waals surface area contributed by atoms with Gasteiger partial charge in [0.2, 0.25) is 0 Å². The van der Waals surface area contributed by atoms with Crippen molar-refractivity contribution in [2.45, 2.75) is 31.0 Å². The van der Waals surface area contributed by atoms with E-state index in [9.17, 15) is 5.11 Å². The summed E-state index contributed by atoms with van der Waals surface area (Å²) in [7, 11) is 0. The number of aliphatic hydroxyl groups is 1. The second-order valence-electron chi connectivity index (χ2n) is 5.46. The molecule has 0 amide bonds. The zero-order valence-corrected chi connectivity index (χ0v) is 12.6. The standard InChI is InChI=1S/C15H19ClNO4/c1-10(18)2-5-20-12-8-13(16)17-14-11(12)3-6-21-15(14)4-7-19-9-15/h8,10,18H,1-7,9H2/t10-,15?/m0/s1. The molecule has 2 atom stereocenters. The summed E-state index contributed by atoms with van der Waals surface area (Å²) < 4.78 is 17.2. The van der Waals surface area contributed by atoms with Gasteiger partial charge in [0.05, 0.1) is 31.6 Å². The van der Waals surface area contributed by atoms with Gasteiger partial charge in [0.25, 0.3) is 0 Å². The summed E-state index contributed by atoms with van der Waals surface area (Å²) in [6, 6.07) is 1.73. The number of ether oxygens (including phenoxy) is 3. The van der Waals surface area contributed by atoms with E-state index in [4.69, 9.17) is 25.8 Å². The van der Waals surface area contributed by atoms with E-state index < -0.39 is 11.7 Å². The van der Waals surface area contributed by atoms with E-state index in [0.29, 0.717) is 38.0 Å². The Hall–Kier alpha value is -0.880. The largest absolute Gasteiger partial charge is 0.493 e. The molecule has 115 valence electrons. The molecule has 3 rings (SSSR count). The predicted octanol–water partition coefficient (Wildman–Crippen LogP) is 1.89. The number of rotatable bonds is 4. The number of hydrogen-bond acceptors (Lipinski definition) is 5. The lowest BCUT2D eigenvalue weighted by molar-refractivity contribution is -0.0670. The minimum absolute atomic E-state index is 0.385. The number of aromatic nitrogens is 1. The Balaban J connectivity index is 1.90. The van der Waals surface area contributed by atoms with Crippen LogP contribution >= 0.6 is 11.6 Å². The monoisotopic (exact) mass is 312 g/mol. The lowest BCUT2D eigenvalue weighted by Crippen LogP contribution is -2.37. The maximum Gasteiger partial charge on any atom is 0.136 e. The Morgan fingerprint density at radius 3 is 3.10 bits per heavy atom. The average molecular weight is 313 g/mol. The number of hydrogen-bond donors (Lipinski definition) is 1. The van der Waals surface area contributed by atoms with Crippen LogP contribution in [0.5, 0.6) is 5.75 Å². The predicted molar refractivity (Wildman–Crippen MR) is 77.5 cm³/mol. The van der Waals surface area contributed by atoms with Crippen molar-refractivity contribution in [1.29, 1.82) is 0 Å². The normalized spacial score (nSPS) is 25.9. The zero-order valence-electron chi connectivity index (χ0n) is 11.8. The van der Waals surface area contributed by atoms with Gasteiger partial charge in [0, 0.05) is 37.5 Å². The molecule has 2 aliphatic heterocycles. The van der Waals surface area contributed by atoms with Gasteiger partial charge < -0.3 is 19.3 Å². The zero-order chi connectivity index (χ0) is 14.9. The van der Waals surface area contributed by atoms with E-state index in [1.807, 2.05) is 0 Å². The highest BCUT2D eigenvalue weighted by Gasteiger charge is 2.44. The van der Waals surface area contributed by atoms with Crippen molar-refractivity contribution in [3.8, 4) is 5.75 Å². The van der Waals surface area contributed by atoms with Crippen molar-refractivity contribution in [1.82, 2.24) is 4.98 Å². The third-order valence-corrected chi connectivity index (χ3v) is 4.10. The van der Waals surface area contributed by atoms with Gasteiger partial charge >= 0.3 is 0 Å². The molecule has 5 nitrogen and oxygen atoms in total. The van der Waals surface area contributed by atoms with Gasteiger partial charge in [-0.1, -0.05) is 11.6 Å². The summed E-state index contributed by atoms with van der Waals surface area (Å²) in [5.74, 6) is 0.722. The van der Waals surface area contributed by atoms with Gasteiger partial charge in [-0.05, 0) is 6.92 Å². The minimum atomic E-state index is -0.629. The number of pyridine rings is 1. The van der Waals surface area contributed by atoms with E-state index in [0.717, 1.165) is 29.8 Å². The summed E-state index contributed by atoms with van der Waals surface area (Å²) in [6.45, 7) is 5.71. The molecule has 3 heterocycles. The smallest absolute Gasteiger partial charge is 0.136 e. The number of aliphatic hydroxyl groups excluding tert-OH is 1. The molecule has 6 heteroatoms. The molecular formula is C15H19ClNO4. The number of nitrogens with zero attached hydrogens (tertiary/aromatic N) is 1. The van der Waals surface area contributed by atoms with Crippen molar-refractivity contribution < 1.29 is 19.3 Å². The molecule has 1 spiro atoms. The van der Waals surface area contributed by atoms with Gasteiger partial charge in [0.15, 0.2) is 0 Å². The summed E-state index contributed by atoms with van der Waals surface area (Å²) in [5.41, 5.74) is 1.39. The molecule has 2 aliphatic rings. The van der Waals surface area contributed by atoms with Crippen molar-refractivity contribution in [2.75, 3.05) is 26.4 Å². The van der Waals surface area contributed by atoms with E-state index in [2.05, 4.69) is 11.9 Å². The Morgan fingerprint density at radius 1 is 1.52 bits per heavy atom. The highest BCUT2D eigenvalue weighted by molar-refractivity contribution is 6.29. The molecule has 1 radical (unpaired) electrons. The Labute approximate surface area is 129 Å². The van der Waals surface area contributed by atoms with Crippen LogP contribution in [0.3, 0.4) is 0 Å². The first kappa shape index (κ1) is 15.0. The van der Waals surface area contributed by atoms with Crippen LogP contribution in [0.25, 0.3) is 0 Å². The van der Waals surface area contributed by atoms with Crippen LogP contribution < -0.4 is 4.74 Å². The molecule has 1 aromatic heterocycles. The van der Waals surface area contributed by atoms with Crippen LogP contribution in [0.4, 0.5) is 0 Å². The lowest BCUT2D eigenvalue weighted by atomic mass is 9.90. The van der Waals surface area contributed by atoms with Gasteiger partial charge in [-0.2, -0.15) is 0 Å². The first-order valence-electron chi connectivity index (χ1n) is 7.16. The van der Waals surface area contributed by atoms with Crippen LogP contribution in [0.2, 0.25) is 5.15 Å². The SMILES string of the molecule is [CH2][C@H](O)CCOc1cc(Cl)nc2c1CCOC21CCOC1. The summed E-state index contributed by atoms with van der Waals surface area (Å²) in [4.78, 5) is 4.47. The molecule has 1 fully saturated rings. The highest BCUT2D eigenvalue weighted by atomic mass is 35.5. The maximum atomic E-state index is 9.22. The highest BCUT2D eigenvalue weighted by Crippen LogP contribution is 2.42. The van der Waals surface area contributed by atoms with E-state index >= 15 is 0 Å².